The number of nitrogens with zero attached hydrogens (tertiary/aromatic N) is 3. The number of aromatic nitrogens is 3. The Kier molecular flexibility index (Phi) is 3.23. The summed E-state index contributed by atoms with van der Waals surface area (Å²) in [5.41, 5.74) is 0.203. The minimum Gasteiger partial charge on any atom is -0.313 e. The molecule has 1 aromatic heterocycles. The van der Waals surface area contributed by atoms with Crippen LogP contribution in [0.4, 0.5) is 0 Å². The molecular weight excluding hydrogens is 252 g/mol. The van der Waals surface area contributed by atoms with Crippen LogP contribution in [0.3, 0.4) is 0 Å². The summed E-state index contributed by atoms with van der Waals surface area (Å²) in [6.07, 6.45) is 3.13. The van der Waals surface area contributed by atoms with Gasteiger partial charge in [-0.05, 0) is 18.8 Å². The van der Waals surface area contributed by atoms with E-state index in [1.807, 2.05) is 4.57 Å². The summed E-state index contributed by atoms with van der Waals surface area (Å²) in [6.45, 7) is 7.03. The van der Waals surface area contributed by atoms with E-state index in [0.29, 0.717) is 5.82 Å². The lowest BCUT2D eigenvalue weighted by molar-refractivity contribution is 0.241. The van der Waals surface area contributed by atoms with Gasteiger partial charge >= 0.3 is 0 Å². The third-order valence-electron chi connectivity index (χ3n) is 3.25. The summed E-state index contributed by atoms with van der Waals surface area (Å²) < 4.78 is 27.1. The maximum Gasteiger partial charge on any atom is 0.209 e. The molecule has 0 aromatic carbocycles. The highest BCUT2D eigenvalue weighted by Gasteiger charge is 2.30. The molecule has 0 saturated carbocycles. The Morgan fingerprint density at radius 2 is 2.06 bits per heavy atom. The maximum absolute atomic E-state index is 11.3. The Morgan fingerprint density at radius 3 is 2.67 bits per heavy atom. The molecule has 0 bridgehead atoms. The summed E-state index contributed by atoms with van der Waals surface area (Å²) in [7, 11) is -3.24. The summed E-state index contributed by atoms with van der Waals surface area (Å²) in [5.74, 6) is 1.65. The second-order valence-corrected chi connectivity index (χ2v) is 7.62. The number of hydrogen-bond acceptors (Lipinski definition) is 4. The largest absolute Gasteiger partial charge is 0.313 e. The minimum atomic E-state index is -3.24. The van der Waals surface area contributed by atoms with Crippen molar-refractivity contribution >= 4 is 10.0 Å². The van der Waals surface area contributed by atoms with Crippen LogP contribution in [0, 0.1) is 5.41 Å². The van der Waals surface area contributed by atoms with Crippen molar-refractivity contribution in [3.05, 3.63) is 11.6 Å². The predicted octanol–water partition coefficient (Wildman–Crippen LogP) is 0.861. The number of hydrogen-bond donors (Lipinski definition) is 1. The number of aryl methyl sites for hydroxylation is 1. The Morgan fingerprint density at radius 1 is 1.39 bits per heavy atom. The number of rotatable bonds is 3. The van der Waals surface area contributed by atoms with Gasteiger partial charge in [-0.1, -0.05) is 13.8 Å². The molecule has 2 heterocycles. The third kappa shape index (κ3) is 2.89. The molecule has 0 spiro atoms. The van der Waals surface area contributed by atoms with Crippen LogP contribution in [-0.4, -0.2) is 29.4 Å². The number of sulfonamides is 1. The zero-order chi connectivity index (χ0) is 13.6. The van der Waals surface area contributed by atoms with Crippen LogP contribution in [0.25, 0.3) is 0 Å². The molecule has 6 nitrogen and oxygen atoms in total. The molecule has 1 atom stereocenters. The van der Waals surface area contributed by atoms with Gasteiger partial charge in [-0.15, -0.1) is 10.2 Å². The van der Waals surface area contributed by atoms with Gasteiger partial charge < -0.3 is 4.57 Å². The second kappa shape index (κ2) is 4.31. The van der Waals surface area contributed by atoms with Crippen molar-refractivity contribution in [1.29, 1.82) is 0 Å². The predicted molar refractivity (Wildman–Crippen MR) is 68.5 cm³/mol. The molecule has 1 N–H and O–H groups in total. The molecule has 0 radical (unpaired) electrons. The fourth-order valence-corrected chi connectivity index (χ4v) is 3.11. The van der Waals surface area contributed by atoms with Gasteiger partial charge in [-0.3, -0.25) is 0 Å². The first kappa shape index (κ1) is 13.5. The van der Waals surface area contributed by atoms with Gasteiger partial charge in [0.05, 0.1) is 12.3 Å². The third-order valence-corrected chi connectivity index (χ3v) is 4.03. The van der Waals surface area contributed by atoms with E-state index >= 15 is 0 Å². The smallest absolute Gasteiger partial charge is 0.209 e. The Labute approximate surface area is 108 Å². The van der Waals surface area contributed by atoms with Crippen molar-refractivity contribution in [3.63, 3.8) is 0 Å². The molecule has 1 unspecified atom stereocenters. The first-order valence-electron chi connectivity index (χ1n) is 6.07. The molecule has 1 aliphatic rings. The standard InChI is InChI=1S/C11H20N4O2S/c1-8(14-18(4,16)17)10-13-12-9-5-6-11(2,3)7-15(9)10/h8,14H,5-7H2,1-4H3. The summed E-state index contributed by atoms with van der Waals surface area (Å²) >= 11 is 0. The summed E-state index contributed by atoms with van der Waals surface area (Å²) in [6, 6.07) is -0.352. The summed E-state index contributed by atoms with van der Waals surface area (Å²) in [5, 5.41) is 8.28. The number of nitrogens with one attached hydrogen (secondary N) is 1. The van der Waals surface area contributed by atoms with Gasteiger partial charge in [0.2, 0.25) is 10.0 Å². The van der Waals surface area contributed by atoms with Crippen molar-refractivity contribution in [2.75, 3.05) is 6.26 Å². The maximum atomic E-state index is 11.3. The molecule has 1 aromatic rings. The van der Waals surface area contributed by atoms with Crippen molar-refractivity contribution in [3.8, 4) is 0 Å². The normalized spacial score (nSPS) is 20.4. The van der Waals surface area contributed by atoms with Crippen LogP contribution < -0.4 is 4.72 Å². The van der Waals surface area contributed by atoms with E-state index in [9.17, 15) is 8.42 Å². The van der Waals surface area contributed by atoms with E-state index in [1.54, 1.807) is 6.92 Å². The Bertz CT molecular complexity index is 547. The van der Waals surface area contributed by atoms with Gasteiger partial charge in [0.1, 0.15) is 5.82 Å². The molecule has 0 aliphatic carbocycles. The lowest BCUT2D eigenvalue weighted by atomic mass is 9.85. The van der Waals surface area contributed by atoms with Gasteiger partial charge in [-0.25, -0.2) is 13.1 Å². The fourth-order valence-electron chi connectivity index (χ4n) is 2.36. The molecule has 0 fully saturated rings. The molecule has 18 heavy (non-hydrogen) atoms. The van der Waals surface area contributed by atoms with Gasteiger partial charge in [0, 0.05) is 13.0 Å². The molecule has 0 amide bonds. The average molecular weight is 272 g/mol. The molecule has 2 rings (SSSR count). The highest BCUT2D eigenvalue weighted by atomic mass is 32.2. The number of fused-ring (bicyclic) bond motifs is 1. The van der Waals surface area contributed by atoms with Crippen LogP contribution in [0.1, 0.15) is 44.9 Å². The van der Waals surface area contributed by atoms with Crippen LogP contribution in [0.2, 0.25) is 0 Å². The van der Waals surface area contributed by atoms with Crippen LogP contribution >= 0.6 is 0 Å². The first-order valence-corrected chi connectivity index (χ1v) is 7.96. The molecule has 7 heteroatoms. The Hall–Kier alpha value is -0.950. The van der Waals surface area contributed by atoms with Crippen molar-refractivity contribution in [2.45, 2.75) is 46.2 Å². The SMILES string of the molecule is CC(NS(C)(=O)=O)c1nnc2n1CC(C)(C)CC2. The Balaban J connectivity index is 2.29. The lowest BCUT2D eigenvalue weighted by Crippen LogP contribution is -2.32. The van der Waals surface area contributed by atoms with Crippen LogP contribution in [0.15, 0.2) is 0 Å². The minimum absolute atomic E-state index is 0.203. The molecule has 102 valence electrons. The van der Waals surface area contributed by atoms with Crippen LogP contribution in [-0.2, 0) is 23.0 Å². The second-order valence-electron chi connectivity index (χ2n) is 5.84. The molecular formula is C11H20N4O2S. The van der Waals surface area contributed by atoms with E-state index in [-0.39, 0.29) is 11.5 Å². The van der Waals surface area contributed by atoms with Crippen molar-refractivity contribution in [1.82, 2.24) is 19.5 Å². The fraction of sp³-hybridized carbons (Fsp3) is 0.818. The highest BCUT2D eigenvalue weighted by molar-refractivity contribution is 7.88. The monoisotopic (exact) mass is 272 g/mol. The van der Waals surface area contributed by atoms with E-state index in [0.717, 1.165) is 31.5 Å². The van der Waals surface area contributed by atoms with Crippen LogP contribution in [0.5, 0.6) is 0 Å². The van der Waals surface area contributed by atoms with Crippen molar-refractivity contribution in [2.24, 2.45) is 5.41 Å². The van der Waals surface area contributed by atoms with E-state index < -0.39 is 10.0 Å². The quantitative estimate of drug-likeness (QED) is 0.885. The van der Waals surface area contributed by atoms with Gasteiger partial charge in [0.15, 0.2) is 5.82 Å². The van der Waals surface area contributed by atoms with E-state index in [4.69, 9.17) is 0 Å². The zero-order valence-corrected chi connectivity index (χ0v) is 12.1. The lowest BCUT2D eigenvalue weighted by Gasteiger charge is -2.31. The van der Waals surface area contributed by atoms with Crippen molar-refractivity contribution < 1.29 is 8.42 Å². The van der Waals surface area contributed by atoms with E-state index in [2.05, 4.69) is 28.8 Å². The summed E-state index contributed by atoms with van der Waals surface area (Å²) in [4.78, 5) is 0. The first-order chi connectivity index (χ1) is 8.18. The molecule has 1 aliphatic heterocycles. The van der Waals surface area contributed by atoms with E-state index in [1.165, 1.54) is 0 Å². The topological polar surface area (TPSA) is 76.9 Å². The highest BCUT2D eigenvalue weighted by Crippen LogP contribution is 2.31. The zero-order valence-electron chi connectivity index (χ0n) is 11.3. The average Bonchev–Trinajstić information content (AvgIpc) is 2.55. The van der Waals surface area contributed by atoms with Gasteiger partial charge in [-0.2, -0.15) is 0 Å². The molecule has 0 saturated heterocycles. The van der Waals surface area contributed by atoms with Gasteiger partial charge in [0.25, 0.3) is 0 Å².